The van der Waals surface area contributed by atoms with Gasteiger partial charge in [-0.1, -0.05) is 71.7 Å². The van der Waals surface area contributed by atoms with Crippen LogP contribution in [0.4, 0.5) is 0 Å². The van der Waals surface area contributed by atoms with Crippen LogP contribution in [-0.2, 0) is 0 Å². The maximum Gasteiger partial charge on any atom is 0.0491 e. The third kappa shape index (κ3) is 1.44. The predicted octanol–water partition coefficient (Wildman–Crippen LogP) is 7.04. The summed E-state index contributed by atoms with van der Waals surface area (Å²) in [5, 5.41) is 10.9. The minimum atomic E-state index is 0.754. The molecule has 0 aliphatic carbocycles. The zero-order valence-corrected chi connectivity index (χ0v) is 13.0. The molecular weight excluding hydrogens is 311 g/mol. The fourth-order valence-corrected chi connectivity index (χ4v) is 4.15. The Balaban J connectivity index is 2.34. The van der Waals surface area contributed by atoms with Crippen molar-refractivity contribution in [2.75, 3.05) is 0 Å². The number of fused-ring (bicyclic) bond motifs is 2. The van der Waals surface area contributed by atoms with Crippen LogP contribution in [0.1, 0.15) is 0 Å². The van der Waals surface area contributed by atoms with Gasteiger partial charge in [-0.3, -0.25) is 0 Å². The molecule has 0 unspecified atom stereocenters. The van der Waals surface area contributed by atoms with Gasteiger partial charge in [0.05, 0.1) is 0 Å². The van der Waals surface area contributed by atoms with E-state index in [-0.39, 0.29) is 0 Å². The van der Waals surface area contributed by atoms with Crippen molar-refractivity contribution in [2.45, 2.75) is 0 Å². The standard InChI is InChI=1S/C20H10Cl2/c21-15-9-7-11-3-1-5-13-14-6-2-4-12-8-10-16(22)20(18(12)14)19(15)17(11)13/h1-10H. The molecule has 5 aromatic carbocycles. The Morgan fingerprint density at radius 2 is 0.909 bits per heavy atom. The molecule has 0 fully saturated rings. The van der Waals surface area contributed by atoms with Crippen molar-refractivity contribution in [1.29, 1.82) is 0 Å². The van der Waals surface area contributed by atoms with Gasteiger partial charge in [0.1, 0.15) is 0 Å². The largest absolute Gasteiger partial charge is 0.0836 e. The second-order valence-electron chi connectivity index (χ2n) is 5.65. The Morgan fingerprint density at radius 3 is 1.36 bits per heavy atom. The van der Waals surface area contributed by atoms with Crippen LogP contribution in [0.25, 0.3) is 43.1 Å². The molecule has 0 heterocycles. The fourth-order valence-electron chi connectivity index (χ4n) is 3.65. The molecule has 0 aliphatic heterocycles. The van der Waals surface area contributed by atoms with Crippen LogP contribution in [-0.4, -0.2) is 0 Å². The van der Waals surface area contributed by atoms with Crippen molar-refractivity contribution in [3.8, 4) is 0 Å². The molecule has 0 N–H and O–H groups in total. The lowest BCUT2D eigenvalue weighted by Crippen LogP contribution is -1.88. The van der Waals surface area contributed by atoms with Gasteiger partial charge in [0.2, 0.25) is 0 Å². The van der Waals surface area contributed by atoms with Gasteiger partial charge in [0, 0.05) is 20.8 Å². The molecular formula is C20H10Cl2. The molecule has 0 nitrogen and oxygen atoms in total. The first-order valence-corrected chi connectivity index (χ1v) is 7.94. The molecule has 0 amide bonds. The van der Waals surface area contributed by atoms with Crippen LogP contribution in [0.5, 0.6) is 0 Å². The smallest absolute Gasteiger partial charge is 0.0491 e. The van der Waals surface area contributed by atoms with Crippen molar-refractivity contribution >= 4 is 66.3 Å². The van der Waals surface area contributed by atoms with E-state index in [2.05, 4.69) is 48.5 Å². The molecule has 0 aromatic heterocycles. The summed E-state index contributed by atoms with van der Waals surface area (Å²) in [7, 11) is 0. The third-order valence-electron chi connectivity index (χ3n) is 4.53. The number of benzene rings is 5. The van der Waals surface area contributed by atoms with Gasteiger partial charge in [-0.2, -0.15) is 0 Å². The van der Waals surface area contributed by atoms with E-state index in [9.17, 15) is 0 Å². The second-order valence-corrected chi connectivity index (χ2v) is 6.47. The lowest BCUT2D eigenvalue weighted by atomic mass is 9.90. The Hall–Kier alpha value is -2.02. The Labute approximate surface area is 137 Å². The summed E-state index contributed by atoms with van der Waals surface area (Å²) in [6.45, 7) is 0. The van der Waals surface area contributed by atoms with E-state index in [0.29, 0.717) is 0 Å². The van der Waals surface area contributed by atoms with E-state index < -0.39 is 0 Å². The van der Waals surface area contributed by atoms with Crippen LogP contribution in [0.2, 0.25) is 10.0 Å². The summed E-state index contributed by atoms with van der Waals surface area (Å²) in [4.78, 5) is 0. The summed E-state index contributed by atoms with van der Waals surface area (Å²) in [6.07, 6.45) is 0. The molecule has 2 heteroatoms. The van der Waals surface area contributed by atoms with Gasteiger partial charge in [-0.25, -0.2) is 0 Å². The van der Waals surface area contributed by atoms with Crippen LogP contribution in [0.3, 0.4) is 0 Å². The maximum absolute atomic E-state index is 6.57. The first-order valence-electron chi connectivity index (χ1n) is 7.19. The van der Waals surface area contributed by atoms with Gasteiger partial charge in [0.15, 0.2) is 0 Å². The zero-order valence-electron chi connectivity index (χ0n) is 11.5. The normalized spacial score (nSPS) is 12.1. The van der Waals surface area contributed by atoms with Crippen molar-refractivity contribution in [3.05, 3.63) is 70.7 Å². The first-order chi connectivity index (χ1) is 10.8. The van der Waals surface area contributed by atoms with Gasteiger partial charge in [-0.05, 0) is 44.5 Å². The summed E-state index contributed by atoms with van der Waals surface area (Å²) < 4.78 is 0. The molecule has 22 heavy (non-hydrogen) atoms. The van der Waals surface area contributed by atoms with Crippen molar-refractivity contribution in [3.63, 3.8) is 0 Å². The lowest BCUT2D eigenvalue weighted by molar-refractivity contribution is 1.78. The van der Waals surface area contributed by atoms with Gasteiger partial charge in [0.25, 0.3) is 0 Å². The summed E-state index contributed by atoms with van der Waals surface area (Å²) >= 11 is 13.1. The molecule has 0 saturated carbocycles. The Kier molecular flexibility index (Phi) is 2.42. The van der Waals surface area contributed by atoms with E-state index >= 15 is 0 Å². The van der Waals surface area contributed by atoms with E-state index in [1.807, 2.05) is 12.1 Å². The molecule has 5 aromatic rings. The highest BCUT2D eigenvalue weighted by Gasteiger charge is 2.16. The molecule has 0 aliphatic rings. The zero-order chi connectivity index (χ0) is 14.8. The van der Waals surface area contributed by atoms with E-state index in [0.717, 1.165) is 20.8 Å². The van der Waals surface area contributed by atoms with Crippen LogP contribution < -0.4 is 0 Å². The topological polar surface area (TPSA) is 0 Å². The second kappa shape index (κ2) is 4.25. The van der Waals surface area contributed by atoms with Crippen molar-refractivity contribution in [2.24, 2.45) is 0 Å². The quantitative estimate of drug-likeness (QED) is 0.212. The van der Waals surface area contributed by atoms with Gasteiger partial charge < -0.3 is 0 Å². The molecule has 0 spiro atoms. The van der Waals surface area contributed by atoms with E-state index in [1.165, 1.54) is 32.3 Å². The van der Waals surface area contributed by atoms with Crippen LogP contribution in [0, 0.1) is 0 Å². The number of hydrogen-bond donors (Lipinski definition) is 0. The monoisotopic (exact) mass is 320 g/mol. The number of rotatable bonds is 0. The molecule has 5 rings (SSSR count). The van der Waals surface area contributed by atoms with E-state index in [1.54, 1.807) is 0 Å². The average Bonchev–Trinajstić information content (AvgIpc) is 2.55. The summed E-state index contributed by atoms with van der Waals surface area (Å²) in [6, 6.07) is 20.9. The lowest BCUT2D eigenvalue weighted by Gasteiger charge is -2.16. The summed E-state index contributed by atoms with van der Waals surface area (Å²) in [5.41, 5.74) is 0. The Bertz CT molecular complexity index is 1090. The average molecular weight is 321 g/mol. The molecule has 104 valence electrons. The SMILES string of the molecule is Clc1ccc2cccc3c4cccc5ccc(Cl)c(c1c23)c54. The number of halogens is 2. The van der Waals surface area contributed by atoms with Gasteiger partial charge >= 0.3 is 0 Å². The summed E-state index contributed by atoms with van der Waals surface area (Å²) in [5.74, 6) is 0. The van der Waals surface area contributed by atoms with Crippen LogP contribution >= 0.6 is 23.2 Å². The first kappa shape index (κ1) is 12.5. The fraction of sp³-hybridized carbons (Fsp3) is 0. The minimum Gasteiger partial charge on any atom is -0.0836 e. The van der Waals surface area contributed by atoms with Crippen molar-refractivity contribution < 1.29 is 0 Å². The van der Waals surface area contributed by atoms with Gasteiger partial charge in [-0.15, -0.1) is 0 Å². The predicted molar refractivity (Wildman–Crippen MR) is 97.7 cm³/mol. The minimum absolute atomic E-state index is 0.754. The highest BCUT2D eigenvalue weighted by Crippen LogP contribution is 2.45. The number of hydrogen-bond acceptors (Lipinski definition) is 0. The van der Waals surface area contributed by atoms with Crippen molar-refractivity contribution in [1.82, 2.24) is 0 Å². The highest BCUT2D eigenvalue weighted by molar-refractivity contribution is 6.48. The molecule has 0 atom stereocenters. The molecule has 0 radical (unpaired) electrons. The third-order valence-corrected chi connectivity index (χ3v) is 5.16. The Morgan fingerprint density at radius 1 is 0.455 bits per heavy atom. The highest BCUT2D eigenvalue weighted by atomic mass is 35.5. The maximum atomic E-state index is 6.57. The van der Waals surface area contributed by atoms with E-state index in [4.69, 9.17) is 23.2 Å². The van der Waals surface area contributed by atoms with Crippen LogP contribution in [0.15, 0.2) is 60.7 Å². The molecule has 0 saturated heterocycles. The molecule has 0 bridgehead atoms.